The minimum Gasteiger partial charge on any atom is -0.497 e. The maximum Gasteiger partial charge on any atom is 0.228 e. The van der Waals surface area contributed by atoms with E-state index in [4.69, 9.17) is 9.47 Å². The van der Waals surface area contributed by atoms with Crippen LogP contribution in [0.25, 0.3) is 0 Å². The summed E-state index contributed by atoms with van der Waals surface area (Å²) in [6.45, 7) is 0.689. The quantitative estimate of drug-likeness (QED) is 0.564. The van der Waals surface area contributed by atoms with Gasteiger partial charge in [0.25, 0.3) is 0 Å². The van der Waals surface area contributed by atoms with Crippen molar-refractivity contribution < 1.29 is 19.1 Å². The summed E-state index contributed by atoms with van der Waals surface area (Å²) in [7, 11) is 3.24. The normalized spacial score (nSPS) is 13.5. The number of rotatable bonds is 8. The lowest BCUT2D eigenvalue weighted by Crippen LogP contribution is -2.30. The topological polar surface area (TPSA) is 80.8 Å². The summed E-state index contributed by atoms with van der Waals surface area (Å²) in [5.41, 5.74) is 2.53. The van der Waals surface area contributed by atoms with E-state index in [1.807, 2.05) is 53.9 Å². The van der Waals surface area contributed by atoms with E-state index in [9.17, 15) is 9.59 Å². The van der Waals surface area contributed by atoms with Gasteiger partial charge in [-0.15, -0.1) is 11.3 Å². The highest BCUT2D eigenvalue weighted by molar-refractivity contribution is 7.14. The molecule has 2 aromatic carbocycles. The number of methoxy groups -OCH3 is 2. The Morgan fingerprint density at radius 3 is 2.16 bits per heavy atom. The number of amides is 2. The highest BCUT2D eigenvalue weighted by atomic mass is 32.1. The Morgan fingerprint density at radius 1 is 1.06 bits per heavy atom. The molecule has 7 nitrogen and oxygen atoms in total. The molecule has 1 N–H and O–H groups in total. The molecule has 1 fully saturated rings. The Hall–Kier alpha value is -3.39. The molecule has 0 spiro atoms. The molecular formula is C24H25N3O4S. The van der Waals surface area contributed by atoms with Gasteiger partial charge in [0.1, 0.15) is 11.5 Å². The number of nitrogens with zero attached hydrogens (tertiary/aromatic N) is 2. The zero-order valence-corrected chi connectivity index (χ0v) is 18.9. The summed E-state index contributed by atoms with van der Waals surface area (Å²) in [4.78, 5) is 31.1. The molecule has 32 heavy (non-hydrogen) atoms. The van der Waals surface area contributed by atoms with Gasteiger partial charge in [0, 0.05) is 18.3 Å². The SMILES string of the molecule is COc1ccc(C(NC(=O)Cc2csc(N3CCCC3=O)n2)c2ccc(OC)cc2)cc1. The van der Waals surface area contributed by atoms with E-state index < -0.39 is 0 Å². The highest BCUT2D eigenvalue weighted by Crippen LogP contribution is 2.27. The fraction of sp³-hybridized carbons (Fsp3) is 0.292. The summed E-state index contributed by atoms with van der Waals surface area (Å²) in [6, 6.07) is 14.9. The zero-order chi connectivity index (χ0) is 22.5. The minimum atomic E-state index is -0.336. The van der Waals surface area contributed by atoms with Gasteiger partial charge in [0.2, 0.25) is 11.8 Å². The van der Waals surface area contributed by atoms with E-state index in [-0.39, 0.29) is 24.3 Å². The first kappa shape index (κ1) is 21.8. The molecule has 1 aromatic heterocycles. The van der Waals surface area contributed by atoms with Crippen LogP contribution in [-0.4, -0.2) is 37.6 Å². The smallest absolute Gasteiger partial charge is 0.228 e. The van der Waals surface area contributed by atoms with Crippen LogP contribution in [0.1, 0.15) is 35.7 Å². The highest BCUT2D eigenvalue weighted by Gasteiger charge is 2.25. The molecule has 1 aliphatic heterocycles. The van der Waals surface area contributed by atoms with Crippen molar-refractivity contribution in [3.05, 3.63) is 70.7 Å². The molecule has 0 aliphatic carbocycles. The summed E-state index contributed by atoms with van der Waals surface area (Å²) in [5.74, 6) is 1.45. The van der Waals surface area contributed by atoms with Crippen molar-refractivity contribution in [1.82, 2.24) is 10.3 Å². The first-order chi connectivity index (χ1) is 15.6. The summed E-state index contributed by atoms with van der Waals surface area (Å²) in [5, 5.41) is 5.63. The molecular weight excluding hydrogens is 426 g/mol. The molecule has 0 atom stereocenters. The fourth-order valence-electron chi connectivity index (χ4n) is 3.68. The first-order valence-corrected chi connectivity index (χ1v) is 11.3. The molecule has 2 amide bonds. The molecule has 0 unspecified atom stereocenters. The van der Waals surface area contributed by atoms with Crippen LogP contribution in [-0.2, 0) is 16.0 Å². The third-order valence-electron chi connectivity index (χ3n) is 5.39. The Labute approximate surface area is 191 Å². The van der Waals surface area contributed by atoms with Crippen LogP contribution < -0.4 is 19.7 Å². The van der Waals surface area contributed by atoms with Crippen LogP contribution in [0.5, 0.6) is 11.5 Å². The van der Waals surface area contributed by atoms with Gasteiger partial charge in [-0.3, -0.25) is 14.5 Å². The number of hydrogen-bond acceptors (Lipinski definition) is 6. The second-order valence-electron chi connectivity index (χ2n) is 7.49. The predicted octanol–water partition coefficient (Wildman–Crippen LogP) is 3.74. The van der Waals surface area contributed by atoms with Crippen LogP contribution in [0.3, 0.4) is 0 Å². The molecule has 0 radical (unpaired) electrons. The van der Waals surface area contributed by atoms with Crippen LogP contribution >= 0.6 is 11.3 Å². The molecule has 1 aliphatic rings. The summed E-state index contributed by atoms with van der Waals surface area (Å²) < 4.78 is 10.5. The largest absolute Gasteiger partial charge is 0.497 e. The average Bonchev–Trinajstić information content (AvgIpc) is 3.46. The lowest BCUT2D eigenvalue weighted by molar-refractivity contribution is -0.121. The van der Waals surface area contributed by atoms with Crippen LogP contribution in [0, 0.1) is 0 Å². The monoisotopic (exact) mass is 451 g/mol. The number of carbonyl (C=O) groups excluding carboxylic acids is 2. The molecule has 4 rings (SSSR count). The maximum absolute atomic E-state index is 12.9. The molecule has 2 heterocycles. The Kier molecular flexibility index (Phi) is 6.70. The van der Waals surface area contributed by atoms with Gasteiger partial charge in [-0.05, 0) is 41.8 Å². The van der Waals surface area contributed by atoms with Crippen LogP contribution in [0.2, 0.25) is 0 Å². The lowest BCUT2D eigenvalue weighted by atomic mass is 9.98. The van der Waals surface area contributed by atoms with E-state index in [1.54, 1.807) is 19.1 Å². The number of carbonyl (C=O) groups is 2. The number of anilines is 1. The molecule has 166 valence electrons. The van der Waals surface area contributed by atoms with Crippen molar-refractivity contribution >= 4 is 28.3 Å². The Balaban J connectivity index is 1.51. The van der Waals surface area contributed by atoms with Gasteiger partial charge in [-0.2, -0.15) is 0 Å². The van der Waals surface area contributed by atoms with Gasteiger partial charge in [-0.25, -0.2) is 4.98 Å². The third kappa shape index (κ3) is 4.91. The standard InChI is InChI=1S/C24H25N3O4S/c1-30-19-9-5-16(6-10-19)23(17-7-11-20(31-2)12-8-17)26-21(28)14-18-15-32-24(25-18)27-13-3-4-22(27)29/h5-12,15,23H,3-4,13-14H2,1-2H3,(H,26,28). The number of ether oxygens (including phenoxy) is 2. The van der Waals surface area contributed by atoms with Crippen molar-refractivity contribution in [3.8, 4) is 11.5 Å². The molecule has 8 heteroatoms. The summed E-state index contributed by atoms with van der Waals surface area (Å²) >= 11 is 1.40. The lowest BCUT2D eigenvalue weighted by Gasteiger charge is -2.20. The second-order valence-corrected chi connectivity index (χ2v) is 8.33. The van der Waals surface area contributed by atoms with E-state index >= 15 is 0 Å². The Morgan fingerprint density at radius 2 is 1.66 bits per heavy atom. The molecule has 0 bridgehead atoms. The molecule has 1 saturated heterocycles. The van der Waals surface area contributed by atoms with Gasteiger partial charge in [-0.1, -0.05) is 24.3 Å². The van der Waals surface area contributed by atoms with E-state index in [1.165, 1.54) is 11.3 Å². The number of nitrogens with one attached hydrogen (secondary N) is 1. The van der Waals surface area contributed by atoms with Gasteiger partial charge >= 0.3 is 0 Å². The number of thiazole rings is 1. The van der Waals surface area contributed by atoms with Crippen molar-refractivity contribution in [2.45, 2.75) is 25.3 Å². The Bertz CT molecular complexity index is 1030. The molecule has 0 saturated carbocycles. The number of hydrogen-bond donors (Lipinski definition) is 1. The van der Waals surface area contributed by atoms with Gasteiger partial charge in [0.15, 0.2) is 5.13 Å². The van der Waals surface area contributed by atoms with Crippen molar-refractivity contribution in [2.75, 3.05) is 25.7 Å². The van der Waals surface area contributed by atoms with Gasteiger partial charge in [0.05, 0.1) is 32.4 Å². The van der Waals surface area contributed by atoms with Gasteiger partial charge < -0.3 is 14.8 Å². The van der Waals surface area contributed by atoms with Crippen molar-refractivity contribution in [3.63, 3.8) is 0 Å². The predicted molar refractivity (Wildman–Crippen MR) is 123 cm³/mol. The van der Waals surface area contributed by atoms with E-state index in [0.717, 1.165) is 29.0 Å². The van der Waals surface area contributed by atoms with Crippen molar-refractivity contribution in [2.24, 2.45) is 0 Å². The minimum absolute atomic E-state index is 0.0921. The van der Waals surface area contributed by atoms with E-state index in [2.05, 4.69) is 10.3 Å². The maximum atomic E-state index is 12.9. The third-order valence-corrected chi connectivity index (χ3v) is 6.30. The number of aromatic nitrogens is 1. The average molecular weight is 452 g/mol. The number of benzene rings is 2. The zero-order valence-electron chi connectivity index (χ0n) is 18.0. The summed E-state index contributed by atoms with van der Waals surface area (Å²) in [6.07, 6.45) is 1.54. The van der Waals surface area contributed by atoms with Crippen LogP contribution in [0.15, 0.2) is 53.9 Å². The van der Waals surface area contributed by atoms with Crippen LogP contribution in [0.4, 0.5) is 5.13 Å². The van der Waals surface area contributed by atoms with E-state index in [0.29, 0.717) is 23.8 Å². The fourth-order valence-corrected chi connectivity index (χ4v) is 4.55. The second kappa shape index (κ2) is 9.82. The molecule has 3 aromatic rings. The first-order valence-electron chi connectivity index (χ1n) is 10.4. The van der Waals surface area contributed by atoms with Crippen molar-refractivity contribution in [1.29, 1.82) is 0 Å².